The van der Waals surface area contributed by atoms with Crippen molar-refractivity contribution in [3.05, 3.63) is 27.7 Å². The van der Waals surface area contributed by atoms with Crippen molar-refractivity contribution < 1.29 is 18.3 Å². The van der Waals surface area contributed by atoms with Crippen LogP contribution < -0.4 is 4.72 Å². The Kier molecular flexibility index (Phi) is 5.11. The summed E-state index contributed by atoms with van der Waals surface area (Å²) >= 11 is 3.15. The number of halogens is 1. The summed E-state index contributed by atoms with van der Waals surface area (Å²) in [6.45, 7) is 1.69. The van der Waals surface area contributed by atoms with Crippen LogP contribution in [0.3, 0.4) is 0 Å². The Morgan fingerprint density at radius 2 is 2.16 bits per heavy atom. The summed E-state index contributed by atoms with van der Waals surface area (Å²) in [5, 5.41) is 8.94. The minimum Gasteiger partial charge on any atom is -0.478 e. The van der Waals surface area contributed by atoms with Gasteiger partial charge in [0.05, 0.1) is 10.5 Å². The van der Waals surface area contributed by atoms with E-state index in [0.717, 1.165) is 6.07 Å². The van der Waals surface area contributed by atoms with Gasteiger partial charge in [0.1, 0.15) is 0 Å². The first-order valence-electron chi connectivity index (χ1n) is 5.26. The van der Waals surface area contributed by atoms with E-state index < -0.39 is 16.0 Å². The molecule has 2 N–H and O–H groups in total. The summed E-state index contributed by atoms with van der Waals surface area (Å²) in [4.78, 5) is 10.9. The van der Waals surface area contributed by atoms with Gasteiger partial charge in [-0.05, 0) is 24.6 Å². The third-order valence-corrected chi connectivity index (χ3v) is 4.81. The first kappa shape index (κ1) is 15.7. The van der Waals surface area contributed by atoms with E-state index in [4.69, 9.17) is 11.5 Å². The molecule has 0 radical (unpaired) electrons. The standard InChI is InChI=1S/C12H12BrNO4S/c1-3-4-5-14-19(17,18)11-7-9(12(15)16)6-10(13)8(11)2/h1,6-7,14H,4-5H2,2H3,(H,15,16). The molecule has 0 heterocycles. The molecule has 0 amide bonds. The van der Waals surface area contributed by atoms with Crippen LogP contribution >= 0.6 is 15.9 Å². The quantitative estimate of drug-likeness (QED) is 0.629. The molecule has 0 aliphatic rings. The van der Waals surface area contributed by atoms with E-state index >= 15 is 0 Å². The average molecular weight is 346 g/mol. The molecule has 0 saturated carbocycles. The number of rotatable bonds is 5. The topological polar surface area (TPSA) is 83.5 Å². The molecule has 0 aromatic heterocycles. The fourth-order valence-corrected chi connectivity index (χ4v) is 3.30. The van der Waals surface area contributed by atoms with Gasteiger partial charge in [0.25, 0.3) is 0 Å². The van der Waals surface area contributed by atoms with E-state index in [1.54, 1.807) is 6.92 Å². The van der Waals surface area contributed by atoms with E-state index in [1.807, 2.05) is 0 Å². The lowest BCUT2D eigenvalue weighted by Gasteiger charge is -2.11. The summed E-state index contributed by atoms with van der Waals surface area (Å²) in [6.07, 6.45) is 5.31. The summed E-state index contributed by atoms with van der Waals surface area (Å²) < 4.78 is 26.9. The van der Waals surface area contributed by atoms with Crippen molar-refractivity contribution in [3.8, 4) is 12.3 Å². The molecule has 0 aliphatic heterocycles. The van der Waals surface area contributed by atoms with Crippen molar-refractivity contribution >= 4 is 31.9 Å². The number of carbonyl (C=O) groups is 1. The van der Waals surface area contributed by atoms with Crippen LogP contribution in [0.1, 0.15) is 22.3 Å². The molecule has 0 atom stereocenters. The van der Waals surface area contributed by atoms with E-state index in [-0.39, 0.29) is 23.4 Å². The second-order valence-corrected chi connectivity index (χ2v) is 6.33. The highest BCUT2D eigenvalue weighted by molar-refractivity contribution is 9.10. The molecule has 0 bridgehead atoms. The van der Waals surface area contributed by atoms with Gasteiger partial charge in [-0.15, -0.1) is 12.3 Å². The van der Waals surface area contributed by atoms with Crippen LogP contribution in [0.15, 0.2) is 21.5 Å². The minimum atomic E-state index is -3.78. The second-order valence-electron chi connectivity index (χ2n) is 3.74. The molecule has 0 saturated heterocycles. The highest BCUT2D eigenvalue weighted by Gasteiger charge is 2.20. The lowest BCUT2D eigenvalue weighted by Crippen LogP contribution is -2.25. The van der Waals surface area contributed by atoms with Crippen molar-refractivity contribution in [3.63, 3.8) is 0 Å². The lowest BCUT2D eigenvalue weighted by atomic mass is 10.1. The average Bonchev–Trinajstić information content (AvgIpc) is 2.32. The molecular weight excluding hydrogens is 334 g/mol. The first-order valence-corrected chi connectivity index (χ1v) is 7.53. The molecule has 0 spiro atoms. The zero-order chi connectivity index (χ0) is 14.6. The second kappa shape index (κ2) is 6.19. The lowest BCUT2D eigenvalue weighted by molar-refractivity contribution is 0.0696. The summed E-state index contributed by atoms with van der Waals surface area (Å²) in [7, 11) is -3.78. The molecule has 19 heavy (non-hydrogen) atoms. The number of carboxylic acid groups (broad SMARTS) is 1. The predicted octanol–water partition coefficient (Wildman–Crippen LogP) is 1.76. The van der Waals surface area contributed by atoms with Crippen molar-refractivity contribution in [1.82, 2.24) is 4.72 Å². The molecule has 7 heteroatoms. The van der Waals surface area contributed by atoms with Crippen molar-refractivity contribution in [2.45, 2.75) is 18.2 Å². The van der Waals surface area contributed by atoms with Gasteiger partial charge in [-0.2, -0.15) is 0 Å². The zero-order valence-corrected chi connectivity index (χ0v) is 12.5. The van der Waals surface area contributed by atoms with Crippen LogP contribution in [-0.2, 0) is 10.0 Å². The Morgan fingerprint density at radius 3 is 2.68 bits per heavy atom. The van der Waals surface area contributed by atoms with Crippen LogP contribution in [0.2, 0.25) is 0 Å². The van der Waals surface area contributed by atoms with Crippen molar-refractivity contribution in [1.29, 1.82) is 0 Å². The highest BCUT2D eigenvalue weighted by atomic mass is 79.9. The van der Waals surface area contributed by atoms with Crippen LogP contribution in [0, 0.1) is 19.3 Å². The number of nitrogens with one attached hydrogen (secondary N) is 1. The maximum absolute atomic E-state index is 12.1. The number of benzene rings is 1. The van der Waals surface area contributed by atoms with Gasteiger partial charge in [-0.3, -0.25) is 0 Å². The van der Waals surface area contributed by atoms with E-state index in [2.05, 4.69) is 26.6 Å². The number of hydrogen-bond acceptors (Lipinski definition) is 3. The normalized spacial score (nSPS) is 11.0. The monoisotopic (exact) mass is 345 g/mol. The van der Waals surface area contributed by atoms with Gasteiger partial charge in [-0.25, -0.2) is 17.9 Å². The highest BCUT2D eigenvalue weighted by Crippen LogP contribution is 2.25. The number of hydrogen-bond donors (Lipinski definition) is 2. The minimum absolute atomic E-state index is 0.0729. The van der Waals surface area contributed by atoms with Crippen LogP contribution in [0.5, 0.6) is 0 Å². The molecule has 0 fully saturated rings. The Balaban J connectivity index is 3.26. The smallest absolute Gasteiger partial charge is 0.335 e. The zero-order valence-electron chi connectivity index (χ0n) is 10.1. The molecule has 1 aromatic carbocycles. The molecule has 5 nitrogen and oxygen atoms in total. The fraction of sp³-hybridized carbons (Fsp3) is 0.250. The van der Waals surface area contributed by atoms with Gasteiger partial charge in [0.2, 0.25) is 10.0 Å². The van der Waals surface area contributed by atoms with E-state index in [1.165, 1.54) is 6.07 Å². The SMILES string of the molecule is C#CCCNS(=O)(=O)c1cc(C(=O)O)cc(Br)c1C. The molecule has 102 valence electrons. The molecule has 1 aromatic rings. The summed E-state index contributed by atoms with van der Waals surface area (Å²) in [6, 6.07) is 2.48. The Labute approximate surface area is 120 Å². The number of terminal acetylenes is 1. The Bertz CT molecular complexity index is 646. The third-order valence-electron chi connectivity index (χ3n) is 2.39. The van der Waals surface area contributed by atoms with Crippen LogP contribution in [0.25, 0.3) is 0 Å². The van der Waals surface area contributed by atoms with Gasteiger partial charge in [-0.1, -0.05) is 15.9 Å². The van der Waals surface area contributed by atoms with Gasteiger partial charge in [0.15, 0.2) is 0 Å². The van der Waals surface area contributed by atoms with E-state index in [9.17, 15) is 13.2 Å². The van der Waals surface area contributed by atoms with Crippen molar-refractivity contribution in [2.75, 3.05) is 6.54 Å². The van der Waals surface area contributed by atoms with Gasteiger partial charge in [0, 0.05) is 17.4 Å². The largest absolute Gasteiger partial charge is 0.478 e. The Hall–Kier alpha value is -1.36. The third kappa shape index (κ3) is 3.80. The molecular formula is C12H12BrNO4S. The molecule has 0 aliphatic carbocycles. The van der Waals surface area contributed by atoms with Crippen LogP contribution in [0.4, 0.5) is 0 Å². The van der Waals surface area contributed by atoms with Crippen LogP contribution in [-0.4, -0.2) is 26.0 Å². The summed E-state index contributed by atoms with van der Waals surface area (Å²) in [5.41, 5.74) is 0.341. The first-order chi connectivity index (χ1) is 8.79. The fourth-order valence-electron chi connectivity index (χ4n) is 1.39. The maximum Gasteiger partial charge on any atom is 0.335 e. The Morgan fingerprint density at radius 1 is 1.53 bits per heavy atom. The van der Waals surface area contributed by atoms with Gasteiger partial charge < -0.3 is 5.11 Å². The molecule has 0 unspecified atom stereocenters. The number of sulfonamides is 1. The number of carboxylic acids is 1. The van der Waals surface area contributed by atoms with Gasteiger partial charge >= 0.3 is 5.97 Å². The molecule has 1 rings (SSSR count). The van der Waals surface area contributed by atoms with Crippen molar-refractivity contribution in [2.24, 2.45) is 0 Å². The number of aromatic carboxylic acids is 1. The maximum atomic E-state index is 12.1. The van der Waals surface area contributed by atoms with E-state index in [0.29, 0.717) is 10.0 Å². The predicted molar refractivity (Wildman–Crippen MR) is 74.5 cm³/mol. The summed E-state index contributed by atoms with van der Waals surface area (Å²) in [5.74, 6) is 1.12.